The quantitative estimate of drug-likeness (QED) is 0.639. The minimum absolute atomic E-state index is 0.492. The second kappa shape index (κ2) is 8.05. The number of rotatable bonds is 5. The van der Waals surface area contributed by atoms with Crippen LogP contribution in [0.25, 0.3) is 16.9 Å². The fourth-order valence-corrected chi connectivity index (χ4v) is 3.79. The van der Waals surface area contributed by atoms with E-state index in [9.17, 15) is 0 Å². The van der Waals surface area contributed by atoms with Crippen molar-refractivity contribution in [1.82, 2.24) is 19.9 Å². The SMILES string of the molecule is CC(C)c1cccc(-n2nncc2-c2ccc(CN3CCCCC3)cc2)c1. The Bertz CT molecular complexity index is 873. The maximum Gasteiger partial charge on any atom is 0.0944 e. The smallest absolute Gasteiger partial charge is 0.0944 e. The van der Waals surface area contributed by atoms with Crippen LogP contribution in [-0.2, 0) is 6.54 Å². The van der Waals surface area contributed by atoms with Crippen molar-refractivity contribution in [2.24, 2.45) is 0 Å². The average Bonchev–Trinajstić information content (AvgIpc) is 3.19. The molecule has 3 aromatic rings. The molecule has 0 spiro atoms. The summed E-state index contributed by atoms with van der Waals surface area (Å²) in [6, 6.07) is 17.4. The van der Waals surface area contributed by atoms with E-state index in [0.717, 1.165) is 23.5 Å². The largest absolute Gasteiger partial charge is 0.299 e. The molecule has 2 aromatic carbocycles. The van der Waals surface area contributed by atoms with Gasteiger partial charge in [0.05, 0.1) is 17.6 Å². The van der Waals surface area contributed by atoms with Gasteiger partial charge in [0, 0.05) is 12.1 Å². The predicted octanol–water partition coefficient (Wildman–Crippen LogP) is 5.04. The van der Waals surface area contributed by atoms with Gasteiger partial charge in [-0.25, -0.2) is 4.68 Å². The van der Waals surface area contributed by atoms with Crippen LogP contribution < -0.4 is 0 Å². The Kier molecular flexibility index (Phi) is 5.35. The van der Waals surface area contributed by atoms with Crippen molar-refractivity contribution < 1.29 is 0 Å². The first kappa shape index (κ1) is 17.9. The van der Waals surface area contributed by atoms with Crippen LogP contribution in [0.1, 0.15) is 50.2 Å². The molecule has 0 bridgehead atoms. The van der Waals surface area contributed by atoms with E-state index in [2.05, 4.69) is 77.6 Å². The summed E-state index contributed by atoms with van der Waals surface area (Å²) in [5.74, 6) is 0.492. The van der Waals surface area contributed by atoms with Gasteiger partial charge in [0.2, 0.25) is 0 Å². The highest BCUT2D eigenvalue weighted by atomic mass is 15.4. The normalized spacial score (nSPS) is 15.4. The molecule has 1 saturated heterocycles. The standard InChI is InChI=1S/C23H28N4/c1-18(2)21-7-6-8-22(15-21)27-23(16-24-25-27)20-11-9-19(10-12-20)17-26-13-4-3-5-14-26/h6-12,15-16,18H,3-5,13-14,17H2,1-2H3. The lowest BCUT2D eigenvalue weighted by Crippen LogP contribution is -2.29. The molecule has 0 atom stereocenters. The van der Waals surface area contributed by atoms with Gasteiger partial charge in [-0.15, -0.1) is 5.10 Å². The van der Waals surface area contributed by atoms with Crippen molar-refractivity contribution in [3.8, 4) is 16.9 Å². The summed E-state index contributed by atoms with van der Waals surface area (Å²) in [6.45, 7) is 7.92. The lowest BCUT2D eigenvalue weighted by molar-refractivity contribution is 0.221. The van der Waals surface area contributed by atoms with Gasteiger partial charge in [0.15, 0.2) is 0 Å². The Hall–Kier alpha value is -2.46. The topological polar surface area (TPSA) is 34.0 Å². The van der Waals surface area contributed by atoms with Gasteiger partial charge in [-0.2, -0.15) is 0 Å². The summed E-state index contributed by atoms with van der Waals surface area (Å²) in [5.41, 5.74) is 5.93. The van der Waals surface area contributed by atoms with Crippen LogP contribution in [-0.4, -0.2) is 33.0 Å². The van der Waals surface area contributed by atoms with Crippen molar-refractivity contribution in [1.29, 1.82) is 0 Å². The number of hydrogen-bond acceptors (Lipinski definition) is 3. The summed E-state index contributed by atoms with van der Waals surface area (Å²) < 4.78 is 1.94. The third-order valence-electron chi connectivity index (χ3n) is 5.44. The molecule has 0 amide bonds. The molecular weight excluding hydrogens is 332 g/mol. The van der Waals surface area contributed by atoms with E-state index >= 15 is 0 Å². The highest BCUT2D eigenvalue weighted by Gasteiger charge is 2.12. The Labute approximate surface area is 161 Å². The van der Waals surface area contributed by atoms with Gasteiger partial charge in [-0.1, -0.05) is 61.9 Å². The molecule has 2 heterocycles. The lowest BCUT2D eigenvalue weighted by atomic mass is 10.0. The number of piperidine rings is 1. The fraction of sp³-hybridized carbons (Fsp3) is 0.391. The average molecular weight is 361 g/mol. The molecule has 4 nitrogen and oxygen atoms in total. The molecule has 0 N–H and O–H groups in total. The Morgan fingerprint density at radius 3 is 2.48 bits per heavy atom. The van der Waals surface area contributed by atoms with Gasteiger partial charge >= 0.3 is 0 Å². The van der Waals surface area contributed by atoms with E-state index in [-0.39, 0.29) is 0 Å². The Morgan fingerprint density at radius 1 is 0.963 bits per heavy atom. The van der Waals surface area contributed by atoms with E-state index in [1.807, 2.05) is 10.9 Å². The highest BCUT2D eigenvalue weighted by Crippen LogP contribution is 2.24. The molecular formula is C23H28N4. The van der Waals surface area contributed by atoms with Crippen molar-refractivity contribution in [3.05, 3.63) is 65.9 Å². The Morgan fingerprint density at radius 2 is 1.74 bits per heavy atom. The first-order chi connectivity index (χ1) is 13.2. The molecule has 0 saturated carbocycles. The molecule has 140 valence electrons. The molecule has 0 unspecified atom stereocenters. The molecule has 0 radical (unpaired) electrons. The van der Waals surface area contributed by atoms with Gasteiger partial charge in [-0.3, -0.25) is 4.90 Å². The third-order valence-corrected chi connectivity index (χ3v) is 5.44. The molecule has 1 aliphatic heterocycles. The van der Waals surface area contributed by atoms with Gasteiger partial charge in [0.1, 0.15) is 0 Å². The lowest BCUT2D eigenvalue weighted by Gasteiger charge is -2.26. The van der Waals surface area contributed by atoms with Gasteiger partial charge in [-0.05, 0) is 55.1 Å². The molecule has 4 heteroatoms. The molecule has 1 aromatic heterocycles. The van der Waals surface area contributed by atoms with Crippen LogP contribution in [0.5, 0.6) is 0 Å². The maximum absolute atomic E-state index is 4.34. The number of likely N-dealkylation sites (tertiary alicyclic amines) is 1. The third kappa shape index (κ3) is 4.11. The zero-order valence-electron chi connectivity index (χ0n) is 16.3. The monoisotopic (exact) mass is 360 g/mol. The van der Waals surface area contributed by atoms with Crippen LogP contribution >= 0.6 is 0 Å². The van der Waals surface area contributed by atoms with Crippen LogP contribution in [0.4, 0.5) is 0 Å². The van der Waals surface area contributed by atoms with Crippen molar-refractivity contribution >= 4 is 0 Å². The Balaban J connectivity index is 1.56. The van der Waals surface area contributed by atoms with Crippen molar-refractivity contribution in [3.63, 3.8) is 0 Å². The van der Waals surface area contributed by atoms with E-state index < -0.39 is 0 Å². The fourth-order valence-electron chi connectivity index (χ4n) is 3.79. The second-order valence-corrected chi connectivity index (χ2v) is 7.81. The van der Waals surface area contributed by atoms with Crippen LogP contribution in [0, 0.1) is 0 Å². The van der Waals surface area contributed by atoms with Crippen LogP contribution in [0.15, 0.2) is 54.7 Å². The summed E-state index contributed by atoms with van der Waals surface area (Å²) >= 11 is 0. The van der Waals surface area contributed by atoms with Crippen LogP contribution in [0.2, 0.25) is 0 Å². The van der Waals surface area contributed by atoms with Crippen molar-refractivity contribution in [2.45, 2.75) is 45.6 Å². The predicted molar refractivity (Wildman–Crippen MR) is 110 cm³/mol. The molecule has 1 aliphatic rings. The molecule has 1 fully saturated rings. The number of nitrogens with zero attached hydrogens (tertiary/aromatic N) is 4. The first-order valence-corrected chi connectivity index (χ1v) is 10.0. The summed E-state index contributed by atoms with van der Waals surface area (Å²) in [5, 5.41) is 8.51. The first-order valence-electron chi connectivity index (χ1n) is 10.0. The van der Waals surface area contributed by atoms with Crippen molar-refractivity contribution in [2.75, 3.05) is 13.1 Å². The summed E-state index contributed by atoms with van der Waals surface area (Å²) in [7, 11) is 0. The van der Waals surface area contributed by atoms with E-state index in [4.69, 9.17) is 0 Å². The van der Waals surface area contributed by atoms with Gasteiger partial charge < -0.3 is 0 Å². The molecule has 27 heavy (non-hydrogen) atoms. The minimum atomic E-state index is 0.492. The highest BCUT2D eigenvalue weighted by molar-refractivity contribution is 5.61. The summed E-state index contributed by atoms with van der Waals surface area (Å²) in [6.07, 6.45) is 5.89. The van der Waals surface area contributed by atoms with Gasteiger partial charge in [0.25, 0.3) is 0 Å². The number of hydrogen-bond donors (Lipinski definition) is 0. The minimum Gasteiger partial charge on any atom is -0.299 e. The van der Waals surface area contributed by atoms with Crippen LogP contribution in [0.3, 0.4) is 0 Å². The molecule has 0 aliphatic carbocycles. The number of benzene rings is 2. The zero-order valence-corrected chi connectivity index (χ0v) is 16.3. The van der Waals surface area contributed by atoms with E-state index in [0.29, 0.717) is 5.92 Å². The second-order valence-electron chi connectivity index (χ2n) is 7.81. The summed E-state index contributed by atoms with van der Waals surface area (Å²) in [4.78, 5) is 2.56. The molecule has 4 rings (SSSR count). The van der Waals surface area contributed by atoms with E-state index in [1.54, 1.807) is 0 Å². The van der Waals surface area contributed by atoms with E-state index in [1.165, 1.54) is 43.5 Å². The number of aromatic nitrogens is 3. The maximum atomic E-state index is 4.34. The zero-order chi connectivity index (χ0) is 18.6.